The van der Waals surface area contributed by atoms with Crippen LogP contribution >= 0.6 is 0 Å². The molecule has 0 aliphatic carbocycles. The van der Waals surface area contributed by atoms with Crippen molar-refractivity contribution in [3.05, 3.63) is 88.0 Å². The van der Waals surface area contributed by atoms with Crippen LogP contribution in [0.3, 0.4) is 0 Å². The minimum absolute atomic E-state index is 0.138. The molecule has 0 atom stereocenters. The number of aryl methyl sites for hydroxylation is 1. The Labute approximate surface area is 159 Å². The van der Waals surface area contributed by atoms with Crippen molar-refractivity contribution in [2.24, 2.45) is 0 Å². The van der Waals surface area contributed by atoms with Gasteiger partial charge in [-0.2, -0.15) is 0 Å². The Hall–Kier alpha value is -4.00. The van der Waals surface area contributed by atoms with E-state index in [0.717, 1.165) is 11.1 Å². The second kappa shape index (κ2) is 6.96. The monoisotopic (exact) mass is 373 g/mol. The van der Waals surface area contributed by atoms with Crippen molar-refractivity contribution in [2.75, 3.05) is 5.32 Å². The van der Waals surface area contributed by atoms with Crippen LogP contribution in [0.25, 0.3) is 22.6 Å². The maximum atomic E-state index is 12.4. The van der Waals surface area contributed by atoms with Crippen molar-refractivity contribution < 1.29 is 14.1 Å². The zero-order valence-electron chi connectivity index (χ0n) is 14.9. The van der Waals surface area contributed by atoms with Crippen molar-refractivity contribution in [1.82, 2.24) is 4.98 Å². The first-order valence-electron chi connectivity index (χ1n) is 8.53. The smallest absolute Gasteiger partial charge is 0.270 e. The summed E-state index contributed by atoms with van der Waals surface area (Å²) >= 11 is 0. The van der Waals surface area contributed by atoms with Crippen LogP contribution in [-0.2, 0) is 0 Å². The standard InChI is InChI=1S/C21H15N3O4/c1-13-4-2-6-15(10-13)21-23-18-9-8-16(12-19(18)28-21)22-20(25)14-5-3-7-17(11-14)24(26)27/h2-12H,1H3,(H,22,25). The first-order valence-corrected chi connectivity index (χ1v) is 8.53. The van der Waals surface area contributed by atoms with Crippen LogP contribution in [0.15, 0.2) is 71.1 Å². The Morgan fingerprint density at radius 1 is 1.07 bits per heavy atom. The molecule has 7 nitrogen and oxygen atoms in total. The SMILES string of the molecule is Cc1cccc(-c2nc3ccc(NC(=O)c4cccc([N+](=O)[O-])c4)cc3o2)c1. The molecule has 1 heterocycles. The van der Waals surface area contributed by atoms with Crippen molar-refractivity contribution in [1.29, 1.82) is 0 Å². The lowest BCUT2D eigenvalue weighted by Gasteiger charge is -2.04. The van der Waals surface area contributed by atoms with E-state index in [4.69, 9.17) is 4.42 Å². The van der Waals surface area contributed by atoms with Crippen LogP contribution < -0.4 is 5.32 Å². The molecule has 0 saturated carbocycles. The number of carbonyl (C=O) groups excluding carboxylic acids is 1. The van der Waals surface area contributed by atoms with Gasteiger partial charge in [-0.3, -0.25) is 14.9 Å². The summed E-state index contributed by atoms with van der Waals surface area (Å²) in [7, 11) is 0. The topological polar surface area (TPSA) is 98.3 Å². The number of rotatable bonds is 4. The Balaban J connectivity index is 1.60. The number of oxazole rings is 1. The normalized spacial score (nSPS) is 10.8. The van der Waals surface area contributed by atoms with Gasteiger partial charge in [0, 0.05) is 35.0 Å². The third kappa shape index (κ3) is 3.45. The summed E-state index contributed by atoms with van der Waals surface area (Å²) < 4.78 is 5.84. The van der Waals surface area contributed by atoms with E-state index >= 15 is 0 Å². The third-order valence-electron chi connectivity index (χ3n) is 4.23. The summed E-state index contributed by atoms with van der Waals surface area (Å²) in [6, 6.07) is 18.5. The van der Waals surface area contributed by atoms with Crippen molar-refractivity contribution in [3.63, 3.8) is 0 Å². The number of hydrogen-bond donors (Lipinski definition) is 1. The molecule has 1 amide bonds. The molecular formula is C21H15N3O4. The zero-order valence-corrected chi connectivity index (χ0v) is 14.9. The largest absolute Gasteiger partial charge is 0.436 e. The van der Waals surface area contributed by atoms with Crippen LogP contribution in [0.4, 0.5) is 11.4 Å². The molecule has 0 aliphatic heterocycles. The van der Waals surface area contributed by atoms with E-state index in [9.17, 15) is 14.9 Å². The summed E-state index contributed by atoms with van der Waals surface area (Å²) in [5, 5.41) is 13.6. The molecule has 0 fully saturated rings. The second-order valence-electron chi connectivity index (χ2n) is 6.33. The van der Waals surface area contributed by atoms with Gasteiger partial charge in [-0.05, 0) is 37.3 Å². The molecule has 0 bridgehead atoms. The molecule has 4 rings (SSSR count). The van der Waals surface area contributed by atoms with Gasteiger partial charge < -0.3 is 9.73 Å². The van der Waals surface area contributed by atoms with Crippen molar-refractivity contribution >= 4 is 28.4 Å². The zero-order chi connectivity index (χ0) is 19.7. The molecule has 3 aromatic carbocycles. The van der Waals surface area contributed by atoms with E-state index < -0.39 is 10.8 Å². The summed E-state index contributed by atoms with van der Waals surface area (Å²) in [4.78, 5) is 27.2. The van der Waals surface area contributed by atoms with Crippen LogP contribution in [0.2, 0.25) is 0 Å². The van der Waals surface area contributed by atoms with Gasteiger partial charge in [-0.25, -0.2) is 4.98 Å². The number of nitrogens with zero attached hydrogens (tertiary/aromatic N) is 2. The van der Waals surface area contributed by atoms with Crippen LogP contribution in [0.5, 0.6) is 0 Å². The average Bonchev–Trinajstić information content (AvgIpc) is 3.11. The molecule has 0 radical (unpaired) electrons. The lowest BCUT2D eigenvalue weighted by molar-refractivity contribution is -0.384. The number of hydrogen-bond acceptors (Lipinski definition) is 5. The second-order valence-corrected chi connectivity index (χ2v) is 6.33. The molecule has 28 heavy (non-hydrogen) atoms. The van der Waals surface area contributed by atoms with E-state index in [1.165, 1.54) is 24.3 Å². The molecule has 0 unspecified atom stereocenters. The number of amides is 1. The molecule has 1 aromatic heterocycles. The Bertz CT molecular complexity index is 1210. The summed E-state index contributed by atoms with van der Waals surface area (Å²) in [6.45, 7) is 1.99. The molecule has 1 N–H and O–H groups in total. The lowest BCUT2D eigenvalue weighted by Crippen LogP contribution is -2.11. The fraction of sp³-hybridized carbons (Fsp3) is 0.0476. The maximum absolute atomic E-state index is 12.4. The molecule has 4 aromatic rings. The number of anilines is 1. The molecule has 0 aliphatic rings. The lowest BCUT2D eigenvalue weighted by atomic mass is 10.1. The number of nitrogens with one attached hydrogen (secondary N) is 1. The minimum atomic E-state index is -0.538. The number of nitro benzene ring substituents is 1. The summed E-state index contributed by atoms with van der Waals surface area (Å²) in [6.07, 6.45) is 0. The van der Waals surface area contributed by atoms with Crippen LogP contribution in [-0.4, -0.2) is 15.8 Å². The maximum Gasteiger partial charge on any atom is 0.270 e. The Morgan fingerprint density at radius 2 is 1.89 bits per heavy atom. The van der Waals surface area contributed by atoms with Gasteiger partial charge in [-0.15, -0.1) is 0 Å². The average molecular weight is 373 g/mol. The minimum Gasteiger partial charge on any atom is -0.436 e. The van der Waals surface area contributed by atoms with E-state index in [2.05, 4.69) is 10.3 Å². The molecule has 138 valence electrons. The third-order valence-corrected chi connectivity index (χ3v) is 4.23. The molecular weight excluding hydrogens is 358 g/mol. The fourth-order valence-electron chi connectivity index (χ4n) is 2.87. The first-order chi connectivity index (χ1) is 13.5. The number of fused-ring (bicyclic) bond motifs is 1. The number of non-ortho nitro benzene ring substituents is 1. The Kier molecular flexibility index (Phi) is 4.33. The van der Waals surface area contributed by atoms with Gasteiger partial charge in [0.2, 0.25) is 5.89 Å². The number of aromatic nitrogens is 1. The molecule has 0 saturated heterocycles. The predicted molar refractivity (Wildman–Crippen MR) is 105 cm³/mol. The van der Waals surface area contributed by atoms with Gasteiger partial charge >= 0.3 is 0 Å². The summed E-state index contributed by atoms with van der Waals surface area (Å²) in [5.41, 5.74) is 3.76. The van der Waals surface area contributed by atoms with Crippen LogP contribution in [0, 0.1) is 17.0 Å². The first kappa shape index (κ1) is 17.4. The van der Waals surface area contributed by atoms with Gasteiger partial charge in [0.15, 0.2) is 5.58 Å². The highest BCUT2D eigenvalue weighted by atomic mass is 16.6. The highest BCUT2D eigenvalue weighted by Crippen LogP contribution is 2.27. The van der Waals surface area contributed by atoms with E-state index in [0.29, 0.717) is 22.7 Å². The molecule has 7 heteroatoms. The Morgan fingerprint density at radius 3 is 2.68 bits per heavy atom. The molecule has 0 spiro atoms. The van der Waals surface area contributed by atoms with Crippen molar-refractivity contribution in [3.8, 4) is 11.5 Å². The number of carbonyl (C=O) groups is 1. The highest BCUT2D eigenvalue weighted by molar-refractivity contribution is 6.05. The summed E-state index contributed by atoms with van der Waals surface area (Å²) in [5.74, 6) is 0.0577. The van der Waals surface area contributed by atoms with Crippen LogP contribution in [0.1, 0.15) is 15.9 Å². The van der Waals surface area contributed by atoms with E-state index in [-0.39, 0.29) is 11.3 Å². The van der Waals surface area contributed by atoms with E-state index in [1.807, 2.05) is 31.2 Å². The van der Waals surface area contributed by atoms with E-state index in [1.54, 1.807) is 18.2 Å². The predicted octanol–water partition coefficient (Wildman–Crippen LogP) is 4.96. The fourth-order valence-corrected chi connectivity index (χ4v) is 2.87. The van der Waals surface area contributed by atoms with Crippen molar-refractivity contribution in [2.45, 2.75) is 6.92 Å². The van der Waals surface area contributed by atoms with Gasteiger partial charge in [-0.1, -0.05) is 23.8 Å². The highest BCUT2D eigenvalue weighted by Gasteiger charge is 2.13. The van der Waals surface area contributed by atoms with Gasteiger partial charge in [0.05, 0.1) is 4.92 Å². The van der Waals surface area contributed by atoms with Gasteiger partial charge in [0.1, 0.15) is 5.52 Å². The van der Waals surface area contributed by atoms with Gasteiger partial charge in [0.25, 0.3) is 11.6 Å². The number of nitro groups is 1. The number of benzene rings is 3. The quantitative estimate of drug-likeness (QED) is 0.402.